The molecule has 0 radical (unpaired) electrons. The minimum Gasteiger partial charge on any atom is -0.465 e. The van der Waals surface area contributed by atoms with Gasteiger partial charge in [0.05, 0.1) is 28.8 Å². The van der Waals surface area contributed by atoms with Crippen LogP contribution >= 0.6 is 23.2 Å². The van der Waals surface area contributed by atoms with Gasteiger partial charge in [0.1, 0.15) is 0 Å². The first kappa shape index (κ1) is 20.7. The molecule has 1 N–H and O–H groups in total. The standard InChI is InChI=1S/C22H19Cl2NO2/c1-3-8-16(9-4-2)15-27-21(26)14-17-10-5-6-13-20(17)25-22-18(23)11-7-12-19(22)24/h1-2,5-7,10-13,16,25H,8-9,14-15H2. The molecular formula is C22H19Cl2NO2. The molecule has 0 saturated heterocycles. The van der Waals surface area contributed by atoms with Gasteiger partial charge in [-0.1, -0.05) is 47.5 Å². The highest BCUT2D eigenvalue weighted by Crippen LogP contribution is 2.33. The van der Waals surface area contributed by atoms with E-state index in [-0.39, 0.29) is 24.9 Å². The zero-order chi connectivity index (χ0) is 19.6. The molecule has 0 saturated carbocycles. The van der Waals surface area contributed by atoms with E-state index in [9.17, 15) is 4.79 Å². The van der Waals surface area contributed by atoms with Crippen LogP contribution < -0.4 is 5.32 Å². The summed E-state index contributed by atoms with van der Waals surface area (Å²) in [6, 6.07) is 12.6. The van der Waals surface area contributed by atoms with E-state index in [4.69, 9.17) is 40.8 Å². The van der Waals surface area contributed by atoms with Crippen molar-refractivity contribution in [3.8, 4) is 24.7 Å². The molecular weight excluding hydrogens is 381 g/mol. The monoisotopic (exact) mass is 399 g/mol. The summed E-state index contributed by atoms with van der Waals surface area (Å²) in [7, 11) is 0. The number of benzene rings is 2. The maximum atomic E-state index is 12.3. The summed E-state index contributed by atoms with van der Waals surface area (Å²) in [6.45, 7) is 0.208. The zero-order valence-electron chi connectivity index (χ0n) is 14.7. The number of carbonyl (C=O) groups excluding carboxylic acids is 1. The molecule has 0 aliphatic heterocycles. The molecule has 0 bridgehead atoms. The van der Waals surface area contributed by atoms with E-state index in [1.807, 2.05) is 24.3 Å². The molecule has 138 valence electrons. The Kier molecular flexibility index (Phi) is 8.08. The number of hydrogen-bond donors (Lipinski definition) is 1. The van der Waals surface area contributed by atoms with Crippen molar-refractivity contribution < 1.29 is 9.53 Å². The Bertz CT molecular complexity index is 844. The van der Waals surface area contributed by atoms with Crippen LogP contribution in [0.1, 0.15) is 18.4 Å². The Morgan fingerprint density at radius 2 is 1.67 bits per heavy atom. The van der Waals surface area contributed by atoms with Crippen LogP contribution in [0.25, 0.3) is 0 Å². The lowest BCUT2D eigenvalue weighted by atomic mass is 10.0. The van der Waals surface area contributed by atoms with Crippen LogP contribution in [0, 0.1) is 30.6 Å². The van der Waals surface area contributed by atoms with Crippen molar-refractivity contribution in [1.82, 2.24) is 0 Å². The minimum atomic E-state index is -0.353. The number of halogens is 2. The highest BCUT2D eigenvalue weighted by molar-refractivity contribution is 6.39. The van der Waals surface area contributed by atoms with E-state index in [1.54, 1.807) is 18.2 Å². The van der Waals surface area contributed by atoms with Crippen molar-refractivity contribution in [3.63, 3.8) is 0 Å². The third-order valence-corrected chi connectivity index (χ3v) is 4.50. The maximum absolute atomic E-state index is 12.3. The topological polar surface area (TPSA) is 38.3 Å². The number of hydrogen-bond acceptors (Lipinski definition) is 3. The minimum absolute atomic E-state index is 0.0285. The van der Waals surface area contributed by atoms with Gasteiger partial charge in [0.2, 0.25) is 0 Å². The number of nitrogens with one attached hydrogen (secondary N) is 1. The van der Waals surface area contributed by atoms with Crippen LogP contribution in [0.3, 0.4) is 0 Å². The summed E-state index contributed by atoms with van der Waals surface area (Å²) in [5.74, 6) is 4.72. The molecule has 0 heterocycles. The van der Waals surface area contributed by atoms with E-state index < -0.39 is 0 Å². The molecule has 5 heteroatoms. The van der Waals surface area contributed by atoms with Crippen LogP contribution in [0.15, 0.2) is 42.5 Å². The number of rotatable bonds is 8. The molecule has 0 atom stereocenters. The van der Waals surface area contributed by atoms with Crippen molar-refractivity contribution in [2.75, 3.05) is 11.9 Å². The fourth-order valence-corrected chi connectivity index (χ4v) is 2.98. The first-order valence-corrected chi connectivity index (χ1v) is 9.12. The number of ether oxygens (including phenoxy) is 1. The third kappa shape index (κ3) is 6.26. The highest BCUT2D eigenvalue weighted by Gasteiger charge is 2.14. The second-order valence-corrected chi connectivity index (χ2v) is 6.74. The smallest absolute Gasteiger partial charge is 0.310 e. The SMILES string of the molecule is C#CCC(CC#C)COC(=O)Cc1ccccc1Nc1c(Cl)cccc1Cl. The van der Waals surface area contributed by atoms with Crippen molar-refractivity contribution in [2.45, 2.75) is 19.3 Å². The average Bonchev–Trinajstić information content (AvgIpc) is 2.64. The van der Waals surface area contributed by atoms with Gasteiger partial charge < -0.3 is 10.1 Å². The van der Waals surface area contributed by atoms with E-state index >= 15 is 0 Å². The summed E-state index contributed by atoms with van der Waals surface area (Å²) >= 11 is 12.4. The first-order chi connectivity index (χ1) is 13.0. The van der Waals surface area contributed by atoms with Crippen molar-refractivity contribution >= 4 is 40.5 Å². The van der Waals surface area contributed by atoms with Gasteiger partial charge in [0.25, 0.3) is 0 Å². The highest BCUT2D eigenvalue weighted by atomic mass is 35.5. The Balaban J connectivity index is 2.06. The fraction of sp³-hybridized carbons (Fsp3) is 0.227. The number of carbonyl (C=O) groups is 1. The average molecular weight is 400 g/mol. The van der Waals surface area contributed by atoms with Gasteiger partial charge in [0, 0.05) is 24.4 Å². The largest absolute Gasteiger partial charge is 0.465 e. The number of esters is 1. The summed E-state index contributed by atoms with van der Waals surface area (Å²) < 4.78 is 5.36. The van der Waals surface area contributed by atoms with Crippen molar-refractivity contribution in [3.05, 3.63) is 58.1 Å². The van der Waals surface area contributed by atoms with Crippen LogP contribution in [-0.4, -0.2) is 12.6 Å². The molecule has 0 amide bonds. The van der Waals surface area contributed by atoms with E-state index in [0.717, 1.165) is 11.3 Å². The van der Waals surface area contributed by atoms with Gasteiger partial charge in [-0.15, -0.1) is 24.7 Å². The lowest BCUT2D eigenvalue weighted by molar-refractivity contribution is -0.144. The quantitative estimate of drug-likeness (QED) is 0.471. The lowest BCUT2D eigenvalue weighted by Gasteiger charge is -2.15. The predicted octanol–water partition coefficient (Wildman–Crippen LogP) is 5.49. The van der Waals surface area contributed by atoms with Gasteiger partial charge in [-0.3, -0.25) is 4.79 Å². The Hall–Kier alpha value is -2.59. The molecule has 0 aliphatic rings. The molecule has 0 spiro atoms. The van der Waals surface area contributed by atoms with Crippen LogP contribution in [-0.2, 0) is 16.0 Å². The second kappa shape index (κ2) is 10.5. The Morgan fingerprint density at radius 3 is 2.30 bits per heavy atom. The summed E-state index contributed by atoms with van der Waals surface area (Å²) in [5.41, 5.74) is 2.09. The van der Waals surface area contributed by atoms with Gasteiger partial charge >= 0.3 is 5.97 Å². The maximum Gasteiger partial charge on any atom is 0.310 e. The van der Waals surface area contributed by atoms with Crippen molar-refractivity contribution in [1.29, 1.82) is 0 Å². The molecule has 0 unspecified atom stereocenters. The predicted molar refractivity (Wildman–Crippen MR) is 111 cm³/mol. The van der Waals surface area contributed by atoms with Crippen LogP contribution in [0.2, 0.25) is 10.0 Å². The fourth-order valence-electron chi connectivity index (χ4n) is 2.49. The normalized spacial score (nSPS) is 10.1. The van der Waals surface area contributed by atoms with E-state index in [0.29, 0.717) is 28.6 Å². The van der Waals surface area contributed by atoms with E-state index in [1.165, 1.54) is 0 Å². The van der Waals surface area contributed by atoms with Gasteiger partial charge in [0.15, 0.2) is 0 Å². The third-order valence-electron chi connectivity index (χ3n) is 3.87. The number of terminal acetylenes is 2. The van der Waals surface area contributed by atoms with Crippen LogP contribution in [0.4, 0.5) is 11.4 Å². The zero-order valence-corrected chi connectivity index (χ0v) is 16.2. The van der Waals surface area contributed by atoms with Crippen molar-refractivity contribution in [2.24, 2.45) is 5.92 Å². The molecule has 27 heavy (non-hydrogen) atoms. The molecule has 3 nitrogen and oxygen atoms in total. The van der Waals surface area contributed by atoms with E-state index in [2.05, 4.69) is 17.2 Å². The molecule has 2 aromatic carbocycles. The summed E-state index contributed by atoms with van der Waals surface area (Å²) in [4.78, 5) is 12.3. The van der Waals surface area contributed by atoms with Crippen LogP contribution in [0.5, 0.6) is 0 Å². The number of para-hydroxylation sites is 2. The second-order valence-electron chi connectivity index (χ2n) is 5.92. The Labute approximate surface area is 170 Å². The molecule has 0 aromatic heterocycles. The summed E-state index contributed by atoms with van der Waals surface area (Å²) in [5, 5.41) is 4.18. The molecule has 0 aliphatic carbocycles. The van der Waals surface area contributed by atoms with Gasteiger partial charge in [-0.05, 0) is 23.8 Å². The van der Waals surface area contributed by atoms with Gasteiger partial charge in [-0.25, -0.2) is 0 Å². The molecule has 2 aromatic rings. The Morgan fingerprint density at radius 1 is 1.04 bits per heavy atom. The lowest BCUT2D eigenvalue weighted by Crippen LogP contribution is -2.16. The molecule has 0 fully saturated rings. The van der Waals surface area contributed by atoms with Gasteiger partial charge in [-0.2, -0.15) is 0 Å². The number of anilines is 2. The molecule has 2 rings (SSSR count). The summed E-state index contributed by atoms with van der Waals surface area (Å²) in [6.07, 6.45) is 11.7. The first-order valence-electron chi connectivity index (χ1n) is 8.36.